The summed E-state index contributed by atoms with van der Waals surface area (Å²) in [5.74, 6) is 1.22. The van der Waals surface area contributed by atoms with Gasteiger partial charge >= 0.3 is 0 Å². The van der Waals surface area contributed by atoms with Gasteiger partial charge in [-0.05, 0) is 77.4 Å². The third-order valence-corrected chi connectivity index (χ3v) is 6.44. The molecule has 3 nitrogen and oxygen atoms in total. The summed E-state index contributed by atoms with van der Waals surface area (Å²) in [6.07, 6.45) is 2.29. The number of benzene rings is 3. The van der Waals surface area contributed by atoms with Crippen LogP contribution in [0.15, 0.2) is 78.9 Å². The number of hydrogen-bond donors (Lipinski definition) is 3. The minimum Gasteiger partial charge on any atom is -0.508 e. The number of hydrogen-bond acceptors (Lipinski definition) is 3. The van der Waals surface area contributed by atoms with E-state index in [1.807, 2.05) is 36.4 Å². The first-order chi connectivity index (χ1) is 14.2. The highest BCUT2D eigenvalue weighted by molar-refractivity contribution is 5.66. The van der Waals surface area contributed by atoms with Gasteiger partial charge in [-0.2, -0.15) is 0 Å². The van der Waals surface area contributed by atoms with Crippen molar-refractivity contribution < 1.29 is 15.3 Å². The van der Waals surface area contributed by atoms with Gasteiger partial charge < -0.3 is 15.3 Å². The van der Waals surface area contributed by atoms with Gasteiger partial charge in [0.1, 0.15) is 17.2 Å². The van der Waals surface area contributed by atoms with E-state index in [9.17, 15) is 15.3 Å². The van der Waals surface area contributed by atoms with Gasteiger partial charge in [0.25, 0.3) is 0 Å². The smallest absolute Gasteiger partial charge is 0.115 e. The molecule has 0 radical (unpaired) electrons. The first kappa shape index (κ1) is 21.5. The van der Waals surface area contributed by atoms with Crippen LogP contribution in [-0.2, 0) is 5.41 Å². The van der Waals surface area contributed by atoms with Crippen molar-refractivity contribution in [2.75, 3.05) is 0 Å². The quantitative estimate of drug-likeness (QED) is 0.435. The second-order valence-electron chi connectivity index (χ2n) is 8.37. The van der Waals surface area contributed by atoms with E-state index in [2.05, 4.69) is 33.8 Å². The third kappa shape index (κ3) is 4.51. The molecule has 0 amide bonds. The maximum atomic E-state index is 9.80. The van der Waals surface area contributed by atoms with Crippen molar-refractivity contribution in [2.45, 2.75) is 39.0 Å². The van der Waals surface area contributed by atoms with Gasteiger partial charge in [-0.3, -0.25) is 0 Å². The van der Waals surface area contributed by atoms with Gasteiger partial charge in [0, 0.05) is 5.41 Å². The lowest BCUT2D eigenvalue weighted by atomic mass is 9.65. The Labute approximate surface area is 179 Å². The molecule has 3 rings (SSSR count). The average Bonchev–Trinajstić information content (AvgIpc) is 2.74. The lowest BCUT2D eigenvalue weighted by Crippen LogP contribution is -2.32. The van der Waals surface area contributed by atoms with E-state index in [1.165, 1.54) is 5.56 Å². The molecule has 0 bridgehead atoms. The largest absolute Gasteiger partial charge is 0.508 e. The molecule has 0 heterocycles. The Balaban J connectivity index is 2.06. The molecule has 0 aliphatic carbocycles. The predicted molar refractivity (Wildman–Crippen MR) is 123 cm³/mol. The standard InChI is InChI=1S/C27H30O3/c1-18(21-5-11-24(28)12-6-21)17-27(4,23-9-15-26(30)16-10-23)20(3)19(2)22-7-13-25(29)14-8-22/h5-17,19-20,28-30H,1-4H3/b18-17-. The molecule has 3 heteroatoms. The molecule has 156 valence electrons. The van der Waals surface area contributed by atoms with Crippen molar-refractivity contribution in [3.8, 4) is 17.2 Å². The zero-order valence-corrected chi connectivity index (χ0v) is 18.0. The zero-order valence-electron chi connectivity index (χ0n) is 18.0. The van der Waals surface area contributed by atoms with E-state index in [0.29, 0.717) is 0 Å². The van der Waals surface area contributed by atoms with Crippen LogP contribution in [0, 0.1) is 5.92 Å². The van der Waals surface area contributed by atoms with Gasteiger partial charge in [0.2, 0.25) is 0 Å². The molecule has 30 heavy (non-hydrogen) atoms. The predicted octanol–water partition coefficient (Wildman–Crippen LogP) is 6.60. The first-order valence-corrected chi connectivity index (χ1v) is 10.3. The maximum Gasteiger partial charge on any atom is 0.115 e. The van der Waals surface area contributed by atoms with E-state index in [-0.39, 0.29) is 34.5 Å². The topological polar surface area (TPSA) is 60.7 Å². The van der Waals surface area contributed by atoms with Crippen molar-refractivity contribution in [3.05, 3.63) is 95.6 Å². The molecule has 3 unspecified atom stereocenters. The lowest BCUT2D eigenvalue weighted by molar-refractivity contribution is 0.336. The Morgan fingerprint density at radius 3 is 1.67 bits per heavy atom. The fourth-order valence-corrected chi connectivity index (χ4v) is 4.14. The fourth-order valence-electron chi connectivity index (χ4n) is 4.14. The molecule has 3 atom stereocenters. The molecule has 0 fully saturated rings. The molecule has 3 N–H and O–H groups in total. The monoisotopic (exact) mass is 402 g/mol. The first-order valence-electron chi connectivity index (χ1n) is 10.3. The molecule has 0 saturated carbocycles. The normalized spacial score (nSPS) is 15.9. The van der Waals surface area contributed by atoms with Gasteiger partial charge in [-0.25, -0.2) is 0 Å². The minimum atomic E-state index is -0.313. The molecule has 0 spiro atoms. The van der Waals surface area contributed by atoms with E-state index >= 15 is 0 Å². The summed E-state index contributed by atoms with van der Waals surface area (Å²) in [5, 5.41) is 29.1. The number of phenols is 3. The van der Waals surface area contributed by atoms with E-state index in [0.717, 1.165) is 16.7 Å². The molecular formula is C27H30O3. The van der Waals surface area contributed by atoms with Crippen LogP contribution in [0.4, 0.5) is 0 Å². The molecule has 3 aromatic carbocycles. The molecule has 0 saturated heterocycles. The van der Waals surface area contributed by atoms with Gasteiger partial charge in [-0.1, -0.05) is 63.2 Å². The average molecular weight is 403 g/mol. The van der Waals surface area contributed by atoms with E-state index in [4.69, 9.17) is 0 Å². The summed E-state index contributed by atoms with van der Waals surface area (Å²) in [6.45, 7) is 8.76. The Bertz CT molecular complexity index is 1000. The number of phenolic OH excluding ortho intramolecular Hbond substituents is 3. The van der Waals surface area contributed by atoms with Crippen molar-refractivity contribution in [1.29, 1.82) is 0 Å². The maximum absolute atomic E-state index is 9.80. The van der Waals surface area contributed by atoms with Crippen molar-refractivity contribution >= 4 is 5.57 Å². The minimum absolute atomic E-state index is 0.221. The summed E-state index contributed by atoms with van der Waals surface area (Å²) in [7, 11) is 0. The number of rotatable bonds is 6. The Kier molecular flexibility index (Phi) is 6.21. The van der Waals surface area contributed by atoms with Crippen LogP contribution in [0.25, 0.3) is 5.57 Å². The summed E-state index contributed by atoms with van der Waals surface area (Å²) in [5.41, 5.74) is 4.16. The number of allylic oxidation sites excluding steroid dienone is 2. The van der Waals surface area contributed by atoms with E-state index < -0.39 is 0 Å². The van der Waals surface area contributed by atoms with E-state index in [1.54, 1.807) is 36.4 Å². The molecule has 0 aromatic heterocycles. The van der Waals surface area contributed by atoms with Crippen LogP contribution >= 0.6 is 0 Å². The fraction of sp³-hybridized carbons (Fsp3) is 0.259. The van der Waals surface area contributed by atoms with Crippen molar-refractivity contribution in [2.24, 2.45) is 5.92 Å². The van der Waals surface area contributed by atoms with Crippen LogP contribution in [0.5, 0.6) is 17.2 Å². The highest BCUT2D eigenvalue weighted by Gasteiger charge is 2.35. The van der Waals surface area contributed by atoms with Crippen LogP contribution in [0.3, 0.4) is 0 Å². The third-order valence-electron chi connectivity index (χ3n) is 6.44. The number of aromatic hydroxyl groups is 3. The summed E-state index contributed by atoms with van der Waals surface area (Å²) >= 11 is 0. The molecular weight excluding hydrogens is 372 g/mol. The van der Waals surface area contributed by atoms with Gasteiger partial charge in [0.15, 0.2) is 0 Å². The molecule has 0 aliphatic heterocycles. The zero-order chi connectivity index (χ0) is 21.9. The van der Waals surface area contributed by atoms with Gasteiger partial charge in [0.05, 0.1) is 0 Å². The highest BCUT2D eigenvalue weighted by atomic mass is 16.3. The van der Waals surface area contributed by atoms with Crippen molar-refractivity contribution in [1.82, 2.24) is 0 Å². The second-order valence-corrected chi connectivity index (χ2v) is 8.37. The van der Waals surface area contributed by atoms with Crippen molar-refractivity contribution in [3.63, 3.8) is 0 Å². The SMILES string of the molecule is C/C(=C/C(C)(c1ccc(O)cc1)C(C)C(C)c1ccc(O)cc1)c1ccc(O)cc1. The Hall–Kier alpha value is -3.20. The summed E-state index contributed by atoms with van der Waals surface area (Å²) < 4.78 is 0. The summed E-state index contributed by atoms with van der Waals surface area (Å²) in [6, 6.07) is 22.1. The van der Waals surface area contributed by atoms with Crippen LogP contribution in [0.2, 0.25) is 0 Å². The molecule has 3 aromatic rings. The van der Waals surface area contributed by atoms with Crippen LogP contribution < -0.4 is 0 Å². The Morgan fingerprint density at radius 1 is 0.733 bits per heavy atom. The Morgan fingerprint density at radius 2 is 1.17 bits per heavy atom. The second kappa shape index (κ2) is 8.66. The summed E-state index contributed by atoms with van der Waals surface area (Å²) in [4.78, 5) is 0. The van der Waals surface area contributed by atoms with Gasteiger partial charge in [-0.15, -0.1) is 0 Å². The lowest BCUT2D eigenvalue weighted by Gasteiger charge is -2.38. The van der Waals surface area contributed by atoms with Crippen LogP contribution in [0.1, 0.15) is 50.3 Å². The van der Waals surface area contributed by atoms with Crippen LogP contribution in [-0.4, -0.2) is 15.3 Å². The molecule has 0 aliphatic rings. The highest BCUT2D eigenvalue weighted by Crippen LogP contribution is 2.43.